The highest BCUT2D eigenvalue weighted by Gasteiger charge is 2.15. The molecule has 0 radical (unpaired) electrons. The van der Waals surface area contributed by atoms with E-state index in [1.807, 2.05) is 0 Å². The minimum Gasteiger partial charge on any atom is -0.397 e. The van der Waals surface area contributed by atoms with E-state index in [2.05, 4.69) is 5.32 Å². The Labute approximate surface area is 117 Å². The Hall–Kier alpha value is -1.23. The fourth-order valence-electron chi connectivity index (χ4n) is 2.26. The number of carbonyl (C=O) groups is 1. The third kappa shape index (κ3) is 4.42. The maximum absolute atomic E-state index is 12.9. The van der Waals surface area contributed by atoms with Gasteiger partial charge < -0.3 is 11.1 Å². The lowest BCUT2D eigenvalue weighted by Crippen LogP contribution is -2.18. The van der Waals surface area contributed by atoms with Gasteiger partial charge in [-0.25, -0.2) is 4.39 Å². The molecule has 19 heavy (non-hydrogen) atoms. The van der Waals surface area contributed by atoms with E-state index in [9.17, 15) is 9.18 Å². The molecule has 3 nitrogen and oxygen atoms in total. The molecule has 1 aliphatic rings. The zero-order chi connectivity index (χ0) is 13.7. The zero-order valence-corrected chi connectivity index (χ0v) is 11.6. The lowest BCUT2D eigenvalue weighted by atomic mass is 10.0. The van der Waals surface area contributed by atoms with Crippen LogP contribution >= 0.6 is 11.8 Å². The van der Waals surface area contributed by atoms with Gasteiger partial charge >= 0.3 is 0 Å². The van der Waals surface area contributed by atoms with Crippen LogP contribution in [0.25, 0.3) is 0 Å². The summed E-state index contributed by atoms with van der Waals surface area (Å²) >= 11 is 1.71. The number of nitrogen functional groups attached to an aromatic ring is 1. The molecule has 1 amide bonds. The van der Waals surface area contributed by atoms with Crippen LogP contribution in [-0.4, -0.2) is 16.9 Å². The van der Waals surface area contributed by atoms with Crippen molar-refractivity contribution in [1.82, 2.24) is 0 Å². The van der Waals surface area contributed by atoms with Crippen molar-refractivity contribution in [2.75, 3.05) is 16.8 Å². The fraction of sp³-hybridized carbons (Fsp3) is 0.500. The normalized spacial score (nSPS) is 16.3. The first-order chi connectivity index (χ1) is 9.15. The second-order valence-electron chi connectivity index (χ2n) is 4.85. The van der Waals surface area contributed by atoms with Gasteiger partial charge in [-0.05, 0) is 31.0 Å². The summed E-state index contributed by atoms with van der Waals surface area (Å²) in [6, 6.07) is 4.00. The largest absolute Gasteiger partial charge is 0.397 e. The van der Waals surface area contributed by atoms with Gasteiger partial charge in [0.1, 0.15) is 5.82 Å². The number of nitrogens with one attached hydrogen (secondary N) is 1. The number of anilines is 2. The summed E-state index contributed by atoms with van der Waals surface area (Å²) in [6.45, 7) is 0. The average molecular weight is 282 g/mol. The van der Waals surface area contributed by atoms with E-state index in [-0.39, 0.29) is 11.6 Å². The van der Waals surface area contributed by atoms with Crippen molar-refractivity contribution in [3.05, 3.63) is 24.0 Å². The van der Waals surface area contributed by atoms with Crippen LogP contribution in [0.4, 0.5) is 15.8 Å². The van der Waals surface area contributed by atoms with Crippen molar-refractivity contribution in [1.29, 1.82) is 0 Å². The highest BCUT2D eigenvalue weighted by Crippen LogP contribution is 2.28. The summed E-state index contributed by atoms with van der Waals surface area (Å²) in [7, 11) is 0. The van der Waals surface area contributed by atoms with Gasteiger partial charge in [-0.15, -0.1) is 11.8 Å². The van der Waals surface area contributed by atoms with Crippen LogP contribution in [-0.2, 0) is 4.79 Å². The number of carbonyl (C=O) groups excluding carboxylic acids is 1. The number of hydrogen-bond donors (Lipinski definition) is 2. The molecular formula is C14H19FN2OS. The molecule has 0 heterocycles. The molecule has 104 valence electrons. The van der Waals surface area contributed by atoms with Crippen molar-refractivity contribution in [2.45, 2.75) is 37.4 Å². The number of rotatable bonds is 4. The maximum atomic E-state index is 12.9. The van der Waals surface area contributed by atoms with Gasteiger partial charge in [0.25, 0.3) is 0 Å². The Morgan fingerprint density at radius 1 is 1.37 bits per heavy atom. The maximum Gasteiger partial charge on any atom is 0.234 e. The molecule has 3 N–H and O–H groups in total. The van der Waals surface area contributed by atoms with E-state index < -0.39 is 5.82 Å². The molecule has 0 spiro atoms. The smallest absolute Gasteiger partial charge is 0.234 e. The van der Waals surface area contributed by atoms with E-state index in [1.54, 1.807) is 11.8 Å². The lowest BCUT2D eigenvalue weighted by Gasteiger charge is -2.20. The number of halogens is 1. The average Bonchev–Trinajstić information content (AvgIpc) is 2.41. The molecule has 2 rings (SSSR count). The molecule has 0 saturated heterocycles. The van der Waals surface area contributed by atoms with E-state index in [0.717, 1.165) is 0 Å². The minimum absolute atomic E-state index is 0.0751. The van der Waals surface area contributed by atoms with Gasteiger partial charge in [-0.1, -0.05) is 19.3 Å². The van der Waals surface area contributed by atoms with Crippen LogP contribution in [0.1, 0.15) is 32.1 Å². The summed E-state index contributed by atoms with van der Waals surface area (Å²) in [5.41, 5.74) is 6.39. The van der Waals surface area contributed by atoms with Crippen molar-refractivity contribution in [3.8, 4) is 0 Å². The summed E-state index contributed by atoms with van der Waals surface area (Å²) in [5.74, 6) is -0.0393. The monoisotopic (exact) mass is 282 g/mol. The number of nitrogens with two attached hydrogens (primary N) is 1. The Morgan fingerprint density at radius 2 is 2.11 bits per heavy atom. The highest BCUT2D eigenvalue weighted by atomic mass is 32.2. The molecule has 5 heteroatoms. The Balaban J connectivity index is 1.80. The molecule has 1 fully saturated rings. The van der Waals surface area contributed by atoms with E-state index in [4.69, 9.17) is 5.73 Å². The van der Waals surface area contributed by atoms with Crippen molar-refractivity contribution >= 4 is 29.0 Å². The topological polar surface area (TPSA) is 55.1 Å². The van der Waals surface area contributed by atoms with E-state index in [1.165, 1.54) is 50.3 Å². The minimum atomic E-state index is -0.396. The number of amides is 1. The Kier molecular flexibility index (Phi) is 5.07. The van der Waals surface area contributed by atoms with Gasteiger partial charge in [0.15, 0.2) is 0 Å². The Morgan fingerprint density at radius 3 is 2.79 bits per heavy atom. The standard InChI is InChI=1S/C14H19FN2OS/c15-10-6-7-13(12(16)8-10)17-14(18)9-19-11-4-2-1-3-5-11/h6-8,11H,1-5,9,16H2,(H,17,18). The van der Waals surface area contributed by atoms with Crippen LogP contribution in [0.2, 0.25) is 0 Å². The van der Waals surface area contributed by atoms with Crippen LogP contribution in [0, 0.1) is 5.82 Å². The lowest BCUT2D eigenvalue weighted by molar-refractivity contribution is -0.113. The number of thioether (sulfide) groups is 1. The molecule has 1 aromatic rings. The van der Waals surface area contributed by atoms with Crippen LogP contribution in [0.5, 0.6) is 0 Å². The molecule has 0 aromatic heterocycles. The SMILES string of the molecule is Nc1cc(F)ccc1NC(=O)CSC1CCCCC1. The van der Waals surface area contributed by atoms with Gasteiger partial charge in [-0.2, -0.15) is 0 Å². The second-order valence-corrected chi connectivity index (χ2v) is 6.14. The van der Waals surface area contributed by atoms with Crippen LogP contribution in [0.15, 0.2) is 18.2 Å². The predicted molar refractivity (Wildman–Crippen MR) is 78.8 cm³/mol. The summed E-state index contributed by atoms with van der Waals surface area (Å²) in [6.07, 6.45) is 6.26. The molecule has 0 atom stereocenters. The van der Waals surface area contributed by atoms with E-state index >= 15 is 0 Å². The van der Waals surface area contributed by atoms with Crippen molar-refractivity contribution in [2.24, 2.45) is 0 Å². The Bertz CT molecular complexity index is 447. The van der Waals surface area contributed by atoms with Crippen LogP contribution < -0.4 is 11.1 Å². The molecule has 0 unspecified atom stereocenters. The molecule has 0 aliphatic heterocycles. The highest BCUT2D eigenvalue weighted by molar-refractivity contribution is 8.00. The van der Waals surface area contributed by atoms with Gasteiger partial charge in [0.2, 0.25) is 5.91 Å². The summed E-state index contributed by atoms with van der Waals surface area (Å²) in [4.78, 5) is 11.8. The number of benzene rings is 1. The predicted octanol–water partition coefficient (Wildman–Crippen LogP) is 3.41. The third-order valence-corrected chi connectivity index (χ3v) is 4.66. The summed E-state index contributed by atoms with van der Waals surface area (Å²) in [5, 5.41) is 3.33. The molecule has 1 aromatic carbocycles. The van der Waals surface area contributed by atoms with Crippen molar-refractivity contribution < 1.29 is 9.18 Å². The first-order valence-electron chi connectivity index (χ1n) is 6.61. The molecular weight excluding hydrogens is 263 g/mol. The quantitative estimate of drug-likeness (QED) is 0.832. The van der Waals surface area contributed by atoms with Gasteiger partial charge in [0, 0.05) is 5.25 Å². The van der Waals surface area contributed by atoms with Crippen LogP contribution in [0.3, 0.4) is 0 Å². The number of hydrogen-bond acceptors (Lipinski definition) is 3. The third-order valence-electron chi connectivity index (χ3n) is 3.29. The molecule has 0 bridgehead atoms. The van der Waals surface area contributed by atoms with E-state index in [0.29, 0.717) is 16.7 Å². The zero-order valence-electron chi connectivity index (χ0n) is 10.8. The first-order valence-corrected chi connectivity index (χ1v) is 7.66. The first kappa shape index (κ1) is 14.2. The van der Waals surface area contributed by atoms with Gasteiger partial charge in [-0.3, -0.25) is 4.79 Å². The molecule has 1 saturated carbocycles. The summed E-state index contributed by atoms with van der Waals surface area (Å²) < 4.78 is 12.9. The molecule has 1 aliphatic carbocycles. The van der Waals surface area contributed by atoms with Gasteiger partial charge in [0.05, 0.1) is 17.1 Å². The van der Waals surface area contributed by atoms with Crippen molar-refractivity contribution in [3.63, 3.8) is 0 Å². The fourth-order valence-corrected chi connectivity index (χ4v) is 3.38. The second kappa shape index (κ2) is 6.80.